The molecule has 2 aliphatic rings. The van der Waals surface area contributed by atoms with E-state index in [-0.39, 0.29) is 0 Å². The van der Waals surface area contributed by atoms with Gasteiger partial charge in [0.2, 0.25) is 0 Å². The number of anilines is 1. The van der Waals surface area contributed by atoms with Crippen molar-refractivity contribution in [2.24, 2.45) is 5.41 Å². The van der Waals surface area contributed by atoms with Gasteiger partial charge in [0.25, 0.3) is 5.88 Å². The molecule has 2 aliphatic heterocycles. The molecule has 1 aromatic rings. The Balaban J connectivity index is 1.67. The molecular formula is C16H26N4O. The molecule has 2 saturated heterocycles. The quantitative estimate of drug-likeness (QED) is 0.835. The monoisotopic (exact) mass is 290 g/mol. The standard InChI is InChI=1S/C16H26N4O/c1-19-10-3-4-16(5-11-19)6-12-20(13-7-16)14-15(21-2)18-9-8-17-14/h8-9H,3-7,10-13H2,1-2H3. The maximum atomic E-state index is 5.35. The largest absolute Gasteiger partial charge is 0.478 e. The van der Waals surface area contributed by atoms with Gasteiger partial charge in [-0.3, -0.25) is 0 Å². The number of piperidine rings is 1. The van der Waals surface area contributed by atoms with E-state index in [1.54, 1.807) is 19.5 Å². The molecule has 0 bridgehead atoms. The molecule has 0 amide bonds. The average molecular weight is 290 g/mol. The van der Waals surface area contributed by atoms with Gasteiger partial charge in [-0.1, -0.05) is 0 Å². The zero-order chi connectivity index (χ0) is 14.7. The van der Waals surface area contributed by atoms with Crippen LogP contribution in [0.25, 0.3) is 0 Å². The van der Waals surface area contributed by atoms with E-state index in [4.69, 9.17) is 4.74 Å². The SMILES string of the molecule is COc1nccnc1N1CCC2(CCCN(C)CC2)CC1. The molecule has 0 aromatic carbocycles. The summed E-state index contributed by atoms with van der Waals surface area (Å²) in [7, 11) is 3.92. The summed E-state index contributed by atoms with van der Waals surface area (Å²) >= 11 is 0. The minimum absolute atomic E-state index is 0.552. The van der Waals surface area contributed by atoms with Crippen LogP contribution in [0.15, 0.2) is 12.4 Å². The number of rotatable bonds is 2. The maximum Gasteiger partial charge on any atom is 0.257 e. The predicted octanol–water partition coefficient (Wildman–Crippen LogP) is 2.19. The van der Waals surface area contributed by atoms with E-state index in [2.05, 4.69) is 26.8 Å². The molecule has 3 heterocycles. The van der Waals surface area contributed by atoms with Crippen molar-refractivity contribution < 1.29 is 4.74 Å². The smallest absolute Gasteiger partial charge is 0.257 e. The van der Waals surface area contributed by atoms with Crippen molar-refractivity contribution in [3.05, 3.63) is 12.4 Å². The van der Waals surface area contributed by atoms with E-state index in [1.807, 2.05) is 0 Å². The molecule has 0 radical (unpaired) electrons. The molecule has 0 unspecified atom stereocenters. The predicted molar refractivity (Wildman–Crippen MR) is 83.8 cm³/mol. The van der Waals surface area contributed by atoms with Crippen molar-refractivity contribution in [2.45, 2.75) is 32.1 Å². The topological polar surface area (TPSA) is 41.5 Å². The van der Waals surface area contributed by atoms with Crippen LogP contribution < -0.4 is 9.64 Å². The molecular weight excluding hydrogens is 264 g/mol. The second kappa shape index (κ2) is 6.18. The van der Waals surface area contributed by atoms with Gasteiger partial charge in [-0.05, 0) is 57.7 Å². The minimum atomic E-state index is 0.552. The number of aromatic nitrogens is 2. The van der Waals surface area contributed by atoms with E-state index in [0.717, 1.165) is 18.9 Å². The Morgan fingerprint density at radius 3 is 2.48 bits per heavy atom. The summed E-state index contributed by atoms with van der Waals surface area (Å²) in [5.74, 6) is 1.55. The third kappa shape index (κ3) is 3.12. The lowest BCUT2D eigenvalue weighted by molar-refractivity contribution is 0.184. The lowest BCUT2D eigenvalue weighted by Crippen LogP contribution is -2.41. The molecule has 5 heteroatoms. The van der Waals surface area contributed by atoms with Crippen LogP contribution in [-0.2, 0) is 0 Å². The zero-order valence-corrected chi connectivity index (χ0v) is 13.2. The third-order valence-electron chi connectivity index (χ3n) is 5.23. The first-order chi connectivity index (χ1) is 10.2. The van der Waals surface area contributed by atoms with Crippen molar-refractivity contribution in [3.8, 4) is 5.88 Å². The van der Waals surface area contributed by atoms with Gasteiger partial charge in [0, 0.05) is 25.5 Å². The Hall–Kier alpha value is -1.36. The number of hydrogen-bond acceptors (Lipinski definition) is 5. The van der Waals surface area contributed by atoms with Crippen LogP contribution in [0.3, 0.4) is 0 Å². The van der Waals surface area contributed by atoms with Crippen LogP contribution in [0.2, 0.25) is 0 Å². The highest BCUT2D eigenvalue weighted by Crippen LogP contribution is 2.42. The average Bonchev–Trinajstić information content (AvgIpc) is 2.71. The van der Waals surface area contributed by atoms with Gasteiger partial charge < -0.3 is 14.5 Å². The molecule has 1 spiro atoms. The van der Waals surface area contributed by atoms with Crippen LogP contribution >= 0.6 is 0 Å². The Morgan fingerprint density at radius 2 is 1.71 bits per heavy atom. The molecule has 0 N–H and O–H groups in total. The molecule has 0 saturated carbocycles. The summed E-state index contributed by atoms with van der Waals surface area (Å²) in [6.45, 7) is 4.63. The molecule has 2 fully saturated rings. The summed E-state index contributed by atoms with van der Waals surface area (Å²) in [6, 6.07) is 0. The van der Waals surface area contributed by atoms with Crippen molar-refractivity contribution in [1.82, 2.24) is 14.9 Å². The van der Waals surface area contributed by atoms with Gasteiger partial charge in [-0.25, -0.2) is 9.97 Å². The fourth-order valence-electron chi connectivity index (χ4n) is 3.76. The van der Waals surface area contributed by atoms with E-state index in [0.29, 0.717) is 11.3 Å². The van der Waals surface area contributed by atoms with Crippen LogP contribution in [0.5, 0.6) is 5.88 Å². The molecule has 3 rings (SSSR count). The summed E-state index contributed by atoms with van der Waals surface area (Å²) in [6.07, 6.45) is 10.0. The van der Waals surface area contributed by atoms with Crippen molar-refractivity contribution in [3.63, 3.8) is 0 Å². The van der Waals surface area contributed by atoms with E-state index in [1.165, 1.54) is 45.2 Å². The normalized spacial score (nSPS) is 23.0. The summed E-state index contributed by atoms with van der Waals surface area (Å²) in [4.78, 5) is 13.6. The number of likely N-dealkylation sites (tertiary alicyclic amines) is 1. The summed E-state index contributed by atoms with van der Waals surface area (Å²) in [5.41, 5.74) is 0.552. The first kappa shape index (κ1) is 14.6. The lowest BCUT2D eigenvalue weighted by atomic mass is 9.73. The van der Waals surface area contributed by atoms with Gasteiger partial charge in [-0.15, -0.1) is 0 Å². The fraction of sp³-hybridized carbons (Fsp3) is 0.750. The van der Waals surface area contributed by atoms with E-state index in [9.17, 15) is 0 Å². The molecule has 5 nitrogen and oxygen atoms in total. The first-order valence-electron chi connectivity index (χ1n) is 8.01. The Labute approximate surface area is 127 Å². The highest BCUT2D eigenvalue weighted by atomic mass is 16.5. The Bertz CT molecular complexity index is 471. The molecule has 21 heavy (non-hydrogen) atoms. The van der Waals surface area contributed by atoms with Crippen LogP contribution in [0.4, 0.5) is 5.82 Å². The maximum absolute atomic E-state index is 5.35. The van der Waals surface area contributed by atoms with E-state index >= 15 is 0 Å². The van der Waals surface area contributed by atoms with Crippen molar-refractivity contribution in [2.75, 3.05) is 45.2 Å². The lowest BCUT2D eigenvalue weighted by Gasteiger charge is -2.42. The van der Waals surface area contributed by atoms with Crippen molar-refractivity contribution in [1.29, 1.82) is 0 Å². The first-order valence-corrected chi connectivity index (χ1v) is 8.01. The zero-order valence-electron chi connectivity index (χ0n) is 13.2. The molecule has 0 aliphatic carbocycles. The van der Waals surface area contributed by atoms with Crippen LogP contribution in [0.1, 0.15) is 32.1 Å². The number of ether oxygens (including phenoxy) is 1. The second-order valence-corrected chi connectivity index (χ2v) is 6.53. The summed E-state index contributed by atoms with van der Waals surface area (Å²) < 4.78 is 5.35. The second-order valence-electron chi connectivity index (χ2n) is 6.53. The van der Waals surface area contributed by atoms with Crippen LogP contribution in [0, 0.1) is 5.41 Å². The van der Waals surface area contributed by atoms with Gasteiger partial charge in [0.05, 0.1) is 7.11 Å². The van der Waals surface area contributed by atoms with Gasteiger partial charge in [0.1, 0.15) is 0 Å². The van der Waals surface area contributed by atoms with Gasteiger partial charge in [-0.2, -0.15) is 0 Å². The molecule has 1 aromatic heterocycles. The van der Waals surface area contributed by atoms with Crippen LogP contribution in [-0.4, -0.2) is 55.2 Å². The third-order valence-corrected chi connectivity index (χ3v) is 5.23. The fourth-order valence-corrected chi connectivity index (χ4v) is 3.76. The highest BCUT2D eigenvalue weighted by Gasteiger charge is 2.36. The Morgan fingerprint density at radius 1 is 1.00 bits per heavy atom. The van der Waals surface area contributed by atoms with Gasteiger partial charge >= 0.3 is 0 Å². The van der Waals surface area contributed by atoms with Gasteiger partial charge in [0.15, 0.2) is 5.82 Å². The number of nitrogens with zero attached hydrogens (tertiary/aromatic N) is 4. The highest BCUT2D eigenvalue weighted by molar-refractivity contribution is 5.48. The van der Waals surface area contributed by atoms with Crippen molar-refractivity contribution >= 4 is 5.82 Å². The van der Waals surface area contributed by atoms with E-state index < -0.39 is 0 Å². The minimum Gasteiger partial charge on any atom is -0.478 e. The number of hydrogen-bond donors (Lipinski definition) is 0. The number of methoxy groups -OCH3 is 1. The summed E-state index contributed by atoms with van der Waals surface area (Å²) in [5, 5.41) is 0. The Kier molecular flexibility index (Phi) is 4.29. The molecule has 0 atom stereocenters. The molecule has 116 valence electrons.